The maximum absolute atomic E-state index is 11.8. The maximum Gasteiger partial charge on any atom is 0.347 e. The van der Waals surface area contributed by atoms with Gasteiger partial charge < -0.3 is 19.6 Å². The van der Waals surface area contributed by atoms with Gasteiger partial charge in [0.25, 0.3) is 0 Å². The van der Waals surface area contributed by atoms with Crippen LogP contribution in [0.3, 0.4) is 0 Å². The lowest BCUT2D eigenvalue weighted by molar-refractivity contribution is -0.146. The van der Waals surface area contributed by atoms with E-state index in [9.17, 15) is 14.4 Å². The van der Waals surface area contributed by atoms with E-state index >= 15 is 0 Å². The topological polar surface area (TPSA) is 81.7 Å². The smallest absolute Gasteiger partial charge is 0.347 e. The highest BCUT2D eigenvalue weighted by molar-refractivity contribution is 6.62. The summed E-state index contributed by atoms with van der Waals surface area (Å²) in [6, 6.07) is 4.65. The molecule has 0 aliphatic carbocycles. The van der Waals surface area contributed by atoms with Crippen LogP contribution in [0.2, 0.25) is 5.02 Å². The summed E-state index contributed by atoms with van der Waals surface area (Å²) >= 11 is 6.03. The van der Waals surface area contributed by atoms with Crippen molar-refractivity contribution in [2.24, 2.45) is 0 Å². The molecular formula is C15H17BClNO5. The van der Waals surface area contributed by atoms with E-state index in [1.165, 1.54) is 13.9 Å². The Balaban J connectivity index is 3.09. The minimum Gasteiger partial charge on any atom is -0.462 e. The molecule has 0 bridgehead atoms. The van der Waals surface area contributed by atoms with Crippen molar-refractivity contribution in [2.75, 3.05) is 18.5 Å². The number of nitrogens with one attached hydrogen (secondary N) is 1. The first-order chi connectivity index (χ1) is 10.9. The molecule has 6 nitrogen and oxygen atoms in total. The fourth-order valence-corrected chi connectivity index (χ4v) is 1.80. The Hall–Kier alpha value is -2.28. The molecule has 0 saturated heterocycles. The van der Waals surface area contributed by atoms with Crippen molar-refractivity contribution in [3.63, 3.8) is 0 Å². The van der Waals surface area contributed by atoms with E-state index in [1.54, 1.807) is 26.0 Å². The monoisotopic (exact) mass is 337 g/mol. The first kappa shape index (κ1) is 18.8. The highest BCUT2D eigenvalue weighted by Crippen LogP contribution is 2.23. The molecule has 0 radical (unpaired) electrons. The fourth-order valence-electron chi connectivity index (χ4n) is 1.62. The molecule has 0 aliphatic rings. The van der Waals surface area contributed by atoms with Crippen LogP contribution in [0.1, 0.15) is 24.2 Å². The van der Waals surface area contributed by atoms with Gasteiger partial charge in [-0.1, -0.05) is 17.7 Å². The van der Waals surface area contributed by atoms with Gasteiger partial charge >= 0.3 is 11.9 Å². The van der Waals surface area contributed by atoms with Crippen LogP contribution in [0.4, 0.5) is 5.69 Å². The van der Waals surface area contributed by atoms with E-state index in [4.69, 9.17) is 21.1 Å². The van der Waals surface area contributed by atoms with Crippen molar-refractivity contribution in [2.45, 2.75) is 13.8 Å². The van der Waals surface area contributed by atoms with Crippen molar-refractivity contribution in [1.29, 1.82) is 0 Å². The molecule has 0 spiro atoms. The van der Waals surface area contributed by atoms with Crippen LogP contribution in [-0.4, -0.2) is 38.7 Å². The molecule has 0 heterocycles. The lowest BCUT2D eigenvalue weighted by Crippen LogP contribution is -2.19. The van der Waals surface area contributed by atoms with Crippen LogP contribution in [0.15, 0.2) is 30.0 Å². The molecule has 0 aromatic heterocycles. The summed E-state index contributed by atoms with van der Waals surface area (Å²) in [4.78, 5) is 35.0. The predicted molar refractivity (Wildman–Crippen MR) is 89.3 cm³/mol. The highest BCUT2D eigenvalue weighted by atomic mass is 35.5. The molecule has 0 saturated carbocycles. The molecule has 0 amide bonds. The first-order valence-electron chi connectivity index (χ1n) is 7.02. The Morgan fingerprint density at radius 3 is 2.22 bits per heavy atom. The number of anilines is 1. The van der Waals surface area contributed by atoms with Crippen LogP contribution in [0, 0.1) is 0 Å². The Morgan fingerprint density at radius 2 is 1.74 bits per heavy atom. The molecule has 1 N–H and O–H groups in total. The van der Waals surface area contributed by atoms with Gasteiger partial charge in [0.15, 0.2) is 13.4 Å². The second-order valence-corrected chi connectivity index (χ2v) is 4.80. The van der Waals surface area contributed by atoms with Crippen LogP contribution in [0.5, 0.6) is 0 Å². The second-order valence-electron chi connectivity index (χ2n) is 4.39. The second kappa shape index (κ2) is 9.00. The zero-order valence-corrected chi connectivity index (χ0v) is 13.9. The van der Waals surface area contributed by atoms with Gasteiger partial charge in [0.2, 0.25) is 0 Å². The Labute approximate surface area is 140 Å². The SMILES string of the molecule is BC(=O)c1ccc(Cl)c(NC=C(C(=O)OCC)C(=O)OCC)c1. The van der Waals surface area contributed by atoms with Gasteiger partial charge in [-0.3, -0.25) is 0 Å². The number of esters is 2. The van der Waals surface area contributed by atoms with Gasteiger partial charge in [0, 0.05) is 11.8 Å². The quantitative estimate of drug-likeness (QED) is 0.267. The summed E-state index contributed by atoms with van der Waals surface area (Å²) in [5.41, 5.74) is 0.396. The molecule has 1 aromatic carbocycles. The number of ether oxygens (including phenoxy) is 2. The van der Waals surface area contributed by atoms with Gasteiger partial charge in [-0.15, -0.1) is 0 Å². The highest BCUT2D eigenvalue weighted by Gasteiger charge is 2.21. The van der Waals surface area contributed by atoms with Gasteiger partial charge in [-0.2, -0.15) is 0 Å². The van der Waals surface area contributed by atoms with E-state index in [-0.39, 0.29) is 24.5 Å². The number of hydrogen-bond donors (Lipinski definition) is 1. The Morgan fingerprint density at radius 1 is 1.17 bits per heavy atom. The predicted octanol–water partition coefficient (Wildman–Crippen LogP) is 1.54. The standard InChI is InChI=1S/C15H17BClNO5/c1-3-22-14(20)10(15(21)23-4-2)8-18-12-7-9(13(16)19)5-6-11(12)17/h5-8,18H,3-4,16H2,1-2H3. The van der Waals surface area contributed by atoms with Crippen molar-refractivity contribution in [3.05, 3.63) is 40.6 Å². The third-order valence-electron chi connectivity index (χ3n) is 2.74. The molecule has 8 heteroatoms. The number of benzene rings is 1. The van der Waals surface area contributed by atoms with E-state index in [1.807, 2.05) is 0 Å². The first-order valence-corrected chi connectivity index (χ1v) is 7.39. The van der Waals surface area contributed by atoms with Crippen LogP contribution < -0.4 is 5.32 Å². The van der Waals surface area contributed by atoms with E-state index in [0.29, 0.717) is 16.3 Å². The van der Waals surface area contributed by atoms with Gasteiger partial charge in [-0.05, 0) is 26.0 Å². The number of carbonyl (C=O) groups is 3. The lowest BCUT2D eigenvalue weighted by Gasteiger charge is -2.09. The van der Waals surface area contributed by atoms with Crippen LogP contribution >= 0.6 is 11.6 Å². The summed E-state index contributed by atoms with van der Waals surface area (Å²) in [6.45, 7) is 3.49. The molecule has 0 aliphatic heterocycles. The average Bonchev–Trinajstić information content (AvgIpc) is 2.49. The van der Waals surface area contributed by atoms with E-state index < -0.39 is 11.9 Å². The van der Waals surface area contributed by atoms with Crippen molar-refractivity contribution >= 4 is 42.8 Å². The molecule has 23 heavy (non-hydrogen) atoms. The Kier molecular flexibility index (Phi) is 7.34. The summed E-state index contributed by atoms with van der Waals surface area (Å²) < 4.78 is 9.63. The van der Waals surface area contributed by atoms with Crippen LogP contribution in [-0.2, 0) is 19.1 Å². The maximum atomic E-state index is 11.8. The molecule has 1 rings (SSSR count). The minimum absolute atomic E-state index is 0.121. The molecule has 0 fully saturated rings. The fraction of sp³-hybridized carbons (Fsp3) is 0.267. The molecular weight excluding hydrogens is 320 g/mol. The normalized spacial score (nSPS) is 9.70. The van der Waals surface area contributed by atoms with Gasteiger partial charge in [0.1, 0.15) is 5.68 Å². The van der Waals surface area contributed by atoms with Crippen molar-refractivity contribution in [3.8, 4) is 0 Å². The van der Waals surface area contributed by atoms with Gasteiger partial charge in [0.05, 0.1) is 23.9 Å². The third-order valence-corrected chi connectivity index (χ3v) is 3.07. The molecule has 1 aromatic rings. The summed E-state index contributed by atoms with van der Waals surface area (Å²) in [5, 5.41) is 3.07. The molecule has 122 valence electrons. The van der Waals surface area contributed by atoms with Crippen molar-refractivity contribution < 1.29 is 23.9 Å². The third kappa shape index (κ3) is 5.45. The summed E-state index contributed by atoms with van der Waals surface area (Å²) in [5.74, 6) is -1.62. The van der Waals surface area contributed by atoms with Gasteiger partial charge in [-0.25, -0.2) is 9.59 Å². The Bertz CT molecular complexity index is 625. The largest absolute Gasteiger partial charge is 0.462 e. The molecule has 0 unspecified atom stereocenters. The molecule has 0 atom stereocenters. The van der Waals surface area contributed by atoms with Crippen LogP contribution in [0.25, 0.3) is 0 Å². The zero-order chi connectivity index (χ0) is 17.4. The summed E-state index contributed by atoms with van der Waals surface area (Å²) in [7, 11) is 1.42. The average molecular weight is 338 g/mol. The lowest BCUT2D eigenvalue weighted by atomic mass is 9.94. The number of carbonyl (C=O) groups excluding carboxylic acids is 3. The number of hydrogen-bond acceptors (Lipinski definition) is 6. The summed E-state index contributed by atoms with van der Waals surface area (Å²) in [6.07, 6.45) is 1.15. The minimum atomic E-state index is -0.808. The van der Waals surface area contributed by atoms with E-state index in [0.717, 1.165) is 6.20 Å². The van der Waals surface area contributed by atoms with Crippen molar-refractivity contribution in [1.82, 2.24) is 0 Å². The zero-order valence-electron chi connectivity index (χ0n) is 13.1. The van der Waals surface area contributed by atoms with E-state index in [2.05, 4.69) is 5.32 Å². The number of halogens is 1. The number of rotatable bonds is 7.